The van der Waals surface area contributed by atoms with E-state index in [2.05, 4.69) is 16.8 Å². The molecular weight excluding hydrogens is 192 g/mol. The molecule has 82 valence electrons. The van der Waals surface area contributed by atoms with Crippen LogP contribution in [0.2, 0.25) is 0 Å². The molecule has 0 bridgehead atoms. The Labute approximate surface area is 89.3 Å². The minimum absolute atomic E-state index is 0.394. The Balaban J connectivity index is 1.98. The van der Waals surface area contributed by atoms with Crippen molar-refractivity contribution < 1.29 is 9.21 Å². The Morgan fingerprint density at radius 3 is 3.27 bits per heavy atom. The molecule has 1 aliphatic heterocycles. The largest absolute Gasteiger partial charge is 0.448 e. The van der Waals surface area contributed by atoms with Crippen LogP contribution in [0, 0.1) is 0 Å². The molecule has 0 aliphatic carbocycles. The number of hydrogen-bond donors (Lipinski definition) is 0. The minimum atomic E-state index is 0.394. The maximum Gasteiger partial charge on any atom is 0.196 e. The summed E-state index contributed by atoms with van der Waals surface area (Å²) < 4.78 is 5.24. The van der Waals surface area contributed by atoms with Gasteiger partial charge in [-0.1, -0.05) is 6.92 Å². The predicted octanol–water partition coefficient (Wildman–Crippen LogP) is 1.51. The van der Waals surface area contributed by atoms with Crippen molar-refractivity contribution in [3.05, 3.63) is 17.8 Å². The van der Waals surface area contributed by atoms with Gasteiger partial charge in [-0.3, -0.25) is 4.79 Å². The number of likely N-dealkylation sites (N-methyl/N-ethyl adjacent to an activating group) is 1. The number of carbonyl (C=O) groups is 1. The zero-order valence-corrected chi connectivity index (χ0v) is 8.98. The molecular formula is C11H16N2O2. The molecule has 1 fully saturated rings. The topological polar surface area (TPSA) is 46.3 Å². The van der Waals surface area contributed by atoms with Gasteiger partial charge in [-0.2, -0.15) is 0 Å². The zero-order valence-electron chi connectivity index (χ0n) is 8.98. The Hall–Kier alpha value is -1.16. The second-order valence-corrected chi connectivity index (χ2v) is 3.91. The molecule has 1 aromatic heterocycles. The maximum absolute atomic E-state index is 10.4. The Kier molecular flexibility index (Phi) is 3.16. The van der Waals surface area contributed by atoms with Crippen LogP contribution in [0.4, 0.5) is 0 Å². The van der Waals surface area contributed by atoms with Crippen molar-refractivity contribution in [2.75, 3.05) is 13.1 Å². The molecule has 0 aromatic carbocycles. The average Bonchev–Trinajstić information content (AvgIpc) is 2.87. The third kappa shape index (κ3) is 2.26. The quantitative estimate of drug-likeness (QED) is 0.704. The number of aromatic nitrogens is 1. The van der Waals surface area contributed by atoms with E-state index < -0.39 is 0 Å². The van der Waals surface area contributed by atoms with Gasteiger partial charge in [0.15, 0.2) is 12.2 Å². The number of nitrogens with zero attached hydrogens (tertiary/aromatic N) is 2. The second kappa shape index (κ2) is 4.57. The summed E-state index contributed by atoms with van der Waals surface area (Å²) in [5, 5.41) is 0. The maximum atomic E-state index is 10.4. The van der Waals surface area contributed by atoms with E-state index in [1.165, 1.54) is 25.6 Å². The Morgan fingerprint density at radius 2 is 2.60 bits per heavy atom. The fraction of sp³-hybridized carbons (Fsp3) is 0.636. The summed E-state index contributed by atoms with van der Waals surface area (Å²) in [5.41, 5.74) is 0.394. The molecule has 1 aliphatic rings. The second-order valence-electron chi connectivity index (χ2n) is 3.91. The number of aldehydes is 1. The highest BCUT2D eigenvalue weighted by atomic mass is 16.3. The molecule has 2 heterocycles. The molecule has 0 amide bonds. The van der Waals surface area contributed by atoms with Crippen molar-refractivity contribution >= 4 is 6.29 Å². The van der Waals surface area contributed by atoms with E-state index in [4.69, 9.17) is 4.42 Å². The highest BCUT2D eigenvalue weighted by Gasteiger charge is 2.24. The van der Waals surface area contributed by atoms with E-state index in [9.17, 15) is 4.79 Å². The summed E-state index contributed by atoms with van der Waals surface area (Å²) in [7, 11) is 0. The lowest BCUT2D eigenvalue weighted by molar-refractivity contribution is 0.111. The predicted molar refractivity (Wildman–Crippen MR) is 55.9 cm³/mol. The molecule has 0 spiro atoms. The summed E-state index contributed by atoms with van der Waals surface area (Å²) in [6.45, 7) is 4.42. The number of likely N-dealkylation sites (tertiary alicyclic amines) is 1. The number of carbonyl (C=O) groups excluding carboxylic acids is 1. The SMILES string of the molecule is CCN1CCCC1Cc1nc(C=O)co1. The van der Waals surface area contributed by atoms with Gasteiger partial charge in [-0.25, -0.2) is 4.98 Å². The third-order valence-electron chi connectivity index (χ3n) is 3.01. The average molecular weight is 208 g/mol. The van der Waals surface area contributed by atoms with Crippen molar-refractivity contribution in [3.63, 3.8) is 0 Å². The molecule has 0 radical (unpaired) electrons. The van der Waals surface area contributed by atoms with E-state index in [1.54, 1.807) is 0 Å². The first-order valence-corrected chi connectivity index (χ1v) is 5.47. The summed E-state index contributed by atoms with van der Waals surface area (Å²) in [6, 6.07) is 0.535. The Bertz CT molecular complexity index is 335. The van der Waals surface area contributed by atoms with Gasteiger partial charge < -0.3 is 9.32 Å². The highest BCUT2D eigenvalue weighted by Crippen LogP contribution is 2.20. The number of rotatable bonds is 4. The lowest BCUT2D eigenvalue weighted by Crippen LogP contribution is -2.30. The van der Waals surface area contributed by atoms with Crippen molar-refractivity contribution in [1.82, 2.24) is 9.88 Å². The van der Waals surface area contributed by atoms with Crippen LogP contribution >= 0.6 is 0 Å². The first kappa shape index (κ1) is 10.4. The Morgan fingerprint density at radius 1 is 1.73 bits per heavy atom. The van der Waals surface area contributed by atoms with Crippen LogP contribution in [0.1, 0.15) is 36.1 Å². The molecule has 1 aromatic rings. The fourth-order valence-corrected chi connectivity index (χ4v) is 2.22. The summed E-state index contributed by atoms with van der Waals surface area (Å²) in [4.78, 5) is 17.0. The van der Waals surface area contributed by atoms with Crippen molar-refractivity contribution in [3.8, 4) is 0 Å². The molecule has 0 N–H and O–H groups in total. The molecule has 1 atom stereocenters. The lowest BCUT2D eigenvalue weighted by Gasteiger charge is -2.20. The molecule has 4 heteroatoms. The van der Waals surface area contributed by atoms with Crippen LogP contribution in [0.15, 0.2) is 10.7 Å². The monoisotopic (exact) mass is 208 g/mol. The fourth-order valence-electron chi connectivity index (χ4n) is 2.22. The van der Waals surface area contributed by atoms with Gasteiger partial charge in [-0.15, -0.1) is 0 Å². The van der Waals surface area contributed by atoms with E-state index in [0.29, 0.717) is 17.6 Å². The van der Waals surface area contributed by atoms with Gasteiger partial charge in [-0.05, 0) is 25.9 Å². The van der Waals surface area contributed by atoms with Crippen molar-refractivity contribution in [1.29, 1.82) is 0 Å². The molecule has 4 nitrogen and oxygen atoms in total. The highest BCUT2D eigenvalue weighted by molar-refractivity contribution is 5.70. The lowest BCUT2D eigenvalue weighted by atomic mass is 10.1. The smallest absolute Gasteiger partial charge is 0.196 e. The summed E-state index contributed by atoms with van der Waals surface area (Å²) in [6.07, 6.45) is 5.42. The molecule has 0 saturated carbocycles. The van der Waals surface area contributed by atoms with E-state index >= 15 is 0 Å². The van der Waals surface area contributed by atoms with Crippen molar-refractivity contribution in [2.24, 2.45) is 0 Å². The van der Waals surface area contributed by atoms with E-state index in [0.717, 1.165) is 19.3 Å². The third-order valence-corrected chi connectivity index (χ3v) is 3.01. The van der Waals surface area contributed by atoms with Crippen LogP contribution in [-0.2, 0) is 6.42 Å². The van der Waals surface area contributed by atoms with Gasteiger partial charge in [0.2, 0.25) is 0 Å². The van der Waals surface area contributed by atoms with Crippen LogP contribution in [0.25, 0.3) is 0 Å². The molecule has 15 heavy (non-hydrogen) atoms. The van der Waals surface area contributed by atoms with Crippen LogP contribution in [0.3, 0.4) is 0 Å². The first-order chi connectivity index (χ1) is 7.33. The minimum Gasteiger partial charge on any atom is -0.448 e. The van der Waals surface area contributed by atoms with Gasteiger partial charge in [0.05, 0.1) is 0 Å². The summed E-state index contributed by atoms with van der Waals surface area (Å²) in [5.74, 6) is 0.683. The van der Waals surface area contributed by atoms with Crippen LogP contribution in [0.5, 0.6) is 0 Å². The standard InChI is InChI=1S/C11H16N2O2/c1-2-13-5-3-4-10(13)6-11-12-9(7-14)8-15-11/h7-8,10H,2-6H2,1H3. The van der Waals surface area contributed by atoms with Gasteiger partial charge in [0.1, 0.15) is 12.0 Å². The van der Waals surface area contributed by atoms with E-state index in [1.807, 2.05) is 0 Å². The molecule has 1 saturated heterocycles. The van der Waals surface area contributed by atoms with Crippen molar-refractivity contribution in [2.45, 2.75) is 32.2 Å². The van der Waals surface area contributed by atoms with Gasteiger partial charge in [0, 0.05) is 12.5 Å². The molecule has 1 unspecified atom stereocenters. The van der Waals surface area contributed by atoms with Gasteiger partial charge in [0.25, 0.3) is 0 Å². The first-order valence-electron chi connectivity index (χ1n) is 5.47. The zero-order chi connectivity index (χ0) is 10.7. The van der Waals surface area contributed by atoms with E-state index in [-0.39, 0.29) is 0 Å². The summed E-state index contributed by atoms with van der Waals surface area (Å²) >= 11 is 0. The number of hydrogen-bond acceptors (Lipinski definition) is 4. The number of oxazole rings is 1. The van der Waals surface area contributed by atoms with Crippen LogP contribution in [-0.4, -0.2) is 35.3 Å². The molecule has 2 rings (SSSR count). The normalized spacial score (nSPS) is 22.1. The van der Waals surface area contributed by atoms with Crippen LogP contribution < -0.4 is 0 Å². The van der Waals surface area contributed by atoms with Gasteiger partial charge >= 0.3 is 0 Å².